The molecule has 3 aliphatic rings. The standard InChI is InChI=1S/C25H32FN5O/c1-18-8-13-30(14-9-18)25-27-22-10-15-31(23(32)16-19-4-6-20(26)7-5-19)17-21(22)24(28-25)29-11-2-3-12-29/h4-7,18H,2-3,8-17H2,1H3. The van der Waals surface area contributed by atoms with E-state index in [-0.39, 0.29) is 11.7 Å². The van der Waals surface area contributed by atoms with Crippen LogP contribution in [0.15, 0.2) is 24.3 Å². The number of fused-ring (bicyclic) bond motifs is 1. The van der Waals surface area contributed by atoms with Crippen LogP contribution in [-0.4, -0.2) is 53.5 Å². The van der Waals surface area contributed by atoms with Gasteiger partial charge in [-0.25, -0.2) is 9.37 Å². The van der Waals surface area contributed by atoms with Crippen molar-refractivity contribution >= 4 is 17.7 Å². The molecule has 0 N–H and O–H groups in total. The van der Waals surface area contributed by atoms with Crippen molar-refractivity contribution in [3.05, 3.63) is 46.9 Å². The number of piperidine rings is 1. The molecule has 0 bridgehead atoms. The Morgan fingerprint density at radius 2 is 1.72 bits per heavy atom. The molecule has 6 nitrogen and oxygen atoms in total. The summed E-state index contributed by atoms with van der Waals surface area (Å²) in [5, 5.41) is 0. The van der Waals surface area contributed by atoms with E-state index in [9.17, 15) is 9.18 Å². The number of amides is 1. The monoisotopic (exact) mass is 437 g/mol. The molecule has 2 fully saturated rings. The number of carbonyl (C=O) groups excluding carboxylic acids is 1. The Morgan fingerprint density at radius 1 is 1.00 bits per heavy atom. The fourth-order valence-corrected chi connectivity index (χ4v) is 5.03. The summed E-state index contributed by atoms with van der Waals surface area (Å²) in [6.07, 6.45) is 5.78. The van der Waals surface area contributed by atoms with E-state index >= 15 is 0 Å². The number of hydrogen-bond donors (Lipinski definition) is 0. The molecule has 2 aromatic rings. The van der Waals surface area contributed by atoms with E-state index in [1.54, 1.807) is 12.1 Å². The second-order valence-corrected chi connectivity index (χ2v) is 9.50. The summed E-state index contributed by atoms with van der Waals surface area (Å²) in [5.41, 5.74) is 3.05. The molecule has 0 spiro atoms. The Balaban J connectivity index is 1.39. The topological polar surface area (TPSA) is 52.6 Å². The van der Waals surface area contributed by atoms with Gasteiger partial charge < -0.3 is 14.7 Å². The van der Waals surface area contributed by atoms with Gasteiger partial charge in [0.15, 0.2) is 0 Å². The highest BCUT2D eigenvalue weighted by atomic mass is 19.1. The number of carbonyl (C=O) groups is 1. The van der Waals surface area contributed by atoms with E-state index < -0.39 is 0 Å². The summed E-state index contributed by atoms with van der Waals surface area (Å²) in [6.45, 7) is 7.60. The molecule has 0 atom stereocenters. The van der Waals surface area contributed by atoms with Gasteiger partial charge in [-0.3, -0.25) is 4.79 Å². The van der Waals surface area contributed by atoms with Crippen molar-refractivity contribution in [2.45, 2.75) is 52.0 Å². The molecule has 0 unspecified atom stereocenters. The van der Waals surface area contributed by atoms with Gasteiger partial charge >= 0.3 is 0 Å². The second kappa shape index (κ2) is 9.04. The summed E-state index contributed by atoms with van der Waals surface area (Å²) < 4.78 is 13.2. The molecule has 0 aliphatic carbocycles. The molecule has 5 rings (SSSR count). The van der Waals surface area contributed by atoms with Gasteiger partial charge in [0, 0.05) is 44.7 Å². The van der Waals surface area contributed by atoms with Gasteiger partial charge in [0.1, 0.15) is 11.6 Å². The predicted molar refractivity (Wildman–Crippen MR) is 123 cm³/mol. The average Bonchev–Trinajstić information content (AvgIpc) is 3.35. The summed E-state index contributed by atoms with van der Waals surface area (Å²) in [5.74, 6) is 2.45. The third kappa shape index (κ3) is 4.43. The zero-order chi connectivity index (χ0) is 22.1. The number of anilines is 2. The van der Waals surface area contributed by atoms with Crippen molar-refractivity contribution in [2.24, 2.45) is 5.92 Å². The Kier molecular flexibility index (Phi) is 5.98. The van der Waals surface area contributed by atoms with Gasteiger partial charge in [-0.1, -0.05) is 19.1 Å². The lowest BCUT2D eigenvalue weighted by Crippen LogP contribution is -2.40. The van der Waals surface area contributed by atoms with Crippen molar-refractivity contribution in [1.29, 1.82) is 0 Å². The Labute approximate surface area is 189 Å². The van der Waals surface area contributed by atoms with Crippen molar-refractivity contribution in [3.8, 4) is 0 Å². The van der Waals surface area contributed by atoms with E-state index in [2.05, 4.69) is 16.7 Å². The van der Waals surface area contributed by atoms with Crippen LogP contribution in [0.4, 0.5) is 16.2 Å². The second-order valence-electron chi connectivity index (χ2n) is 9.50. The van der Waals surface area contributed by atoms with E-state index in [1.165, 1.54) is 37.8 Å². The van der Waals surface area contributed by atoms with Crippen molar-refractivity contribution in [3.63, 3.8) is 0 Å². The Morgan fingerprint density at radius 3 is 2.44 bits per heavy atom. The van der Waals surface area contributed by atoms with Crippen LogP contribution in [-0.2, 0) is 24.2 Å². The summed E-state index contributed by atoms with van der Waals surface area (Å²) >= 11 is 0. The number of benzene rings is 1. The molecule has 2 saturated heterocycles. The molecule has 32 heavy (non-hydrogen) atoms. The lowest BCUT2D eigenvalue weighted by molar-refractivity contribution is -0.131. The highest BCUT2D eigenvalue weighted by Crippen LogP contribution is 2.32. The van der Waals surface area contributed by atoms with Gasteiger partial charge in [-0.05, 0) is 49.3 Å². The minimum atomic E-state index is -0.278. The van der Waals surface area contributed by atoms with E-state index in [0.717, 1.165) is 67.1 Å². The van der Waals surface area contributed by atoms with Gasteiger partial charge in [0.2, 0.25) is 11.9 Å². The Bertz CT molecular complexity index is 965. The maximum absolute atomic E-state index is 13.2. The van der Waals surface area contributed by atoms with Gasteiger partial charge in [0.05, 0.1) is 18.7 Å². The lowest BCUT2D eigenvalue weighted by Gasteiger charge is -2.35. The van der Waals surface area contributed by atoms with Gasteiger partial charge in [-0.15, -0.1) is 0 Å². The number of aromatic nitrogens is 2. The molecule has 1 amide bonds. The molecule has 1 aromatic heterocycles. The van der Waals surface area contributed by atoms with Crippen molar-refractivity contribution in [1.82, 2.24) is 14.9 Å². The smallest absolute Gasteiger partial charge is 0.227 e. The molecule has 4 heterocycles. The predicted octanol–water partition coefficient (Wildman–Crippen LogP) is 3.58. The van der Waals surface area contributed by atoms with E-state index in [1.807, 2.05) is 4.90 Å². The fraction of sp³-hybridized carbons (Fsp3) is 0.560. The first-order valence-electron chi connectivity index (χ1n) is 12.0. The maximum Gasteiger partial charge on any atom is 0.227 e. The van der Waals surface area contributed by atoms with Crippen LogP contribution >= 0.6 is 0 Å². The number of rotatable bonds is 4. The van der Waals surface area contributed by atoms with Gasteiger partial charge in [-0.2, -0.15) is 4.98 Å². The van der Waals surface area contributed by atoms with Crippen molar-refractivity contribution in [2.75, 3.05) is 42.5 Å². The summed E-state index contributed by atoms with van der Waals surface area (Å²) in [6, 6.07) is 6.21. The maximum atomic E-state index is 13.2. The zero-order valence-electron chi connectivity index (χ0n) is 18.9. The van der Waals surface area contributed by atoms with E-state index in [0.29, 0.717) is 19.5 Å². The van der Waals surface area contributed by atoms with E-state index in [4.69, 9.17) is 9.97 Å². The van der Waals surface area contributed by atoms with Crippen LogP contribution in [0.5, 0.6) is 0 Å². The first-order chi connectivity index (χ1) is 15.6. The van der Waals surface area contributed by atoms with Crippen LogP contribution in [0.3, 0.4) is 0 Å². The third-order valence-electron chi connectivity index (χ3n) is 7.12. The highest BCUT2D eigenvalue weighted by molar-refractivity contribution is 5.79. The van der Waals surface area contributed by atoms with Crippen molar-refractivity contribution < 1.29 is 9.18 Å². The molecule has 0 saturated carbocycles. The van der Waals surface area contributed by atoms with Gasteiger partial charge in [0.25, 0.3) is 0 Å². The average molecular weight is 438 g/mol. The van der Waals surface area contributed by atoms with Crippen LogP contribution in [0.25, 0.3) is 0 Å². The zero-order valence-corrected chi connectivity index (χ0v) is 18.9. The third-order valence-corrected chi connectivity index (χ3v) is 7.12. The first kappa shape index (κ1) is 21.2. The first-order valence-corrected chi connectivity index (χ1v) is 12.0. The number of halogens is 1. The molecule has 1 aromatic carbocycles. The minimum absolute atomic E-state index is 0.0729. The molecular formula is C25H32FN5O. The normalized spacial score (nSPS) is 19.4. The highest BCUT2D eigenvalue weighted by Gasteiger charge is 2.30. The molecule has 3 aliphatic heterocycles. The summed E-state index contributed by atoms with van der Waals surface area (Å²) in [4.78, 5) is 29.7. The Hall–Kier alpha value is -2.70. The minimum Gasteiger partial charge on any atom is -0.356 e. The van der Waals surface area contributed by atoms with Crippen LogP contribution in [0, 0.1) is 11.7 Å². The number of hydrogen-bond acceptors (Lipinski definition) is 5. The summed E-state index contributed by atoms with van der Waals surface area (Å²) in [7, 11) is 0. The number of nitrogens with zero attached hydrogens (tertiary/aromatic N) is 5. The molecular weight excluding hydrogens is 405 g/mol. The SMILES string of the molecule is CC1CCN(c2nc3c(c(N4CCCC4)n2)CN(C(=O)Cc2ccc(F)cc2)CC3)CC1. The van der Waals surface area contributed by atoms with Crippen LogP contribution < -0.4 is 9.80 Å². The molecule has 0 radical (unpaired) electrons. The molecule has 170 valence electrons. The fourth-order valence-electron chi connectivity index (χ4n) is 5.03. The lowest BCUT2D eigenvalue weighted by atomic mass is 9.99. The van der Waals surface area contributed by atoms with Crippen LogP contribution in [0.2, 0.25) is 0 Å². The van der Waals surface area contributed by atoms with Crippen LogP contribution in [0.1, 0.15) is 49.4 Å². The quantitative estimate of drug-likeness (QED) is 0.732. The molecule has 7 heteroatoms. The largest absolute Gasteiger partial charge is 0.356 e.